The minimum absolute atomic E-state index is 0.0819. The van der Waals surface area contributed by atoms with Gasteiger partial charge in [0.15, 0.2) is 0 Å². The van der Waals surface area contributed by atoms with Gasteiger partial charge < -0.3 is 4.74 Å². The smallest absolute Gasteiger partial charge is 0.287 e. The number of ether oxygens (including phenoxy) is 1. The first-order valence-electron chi connectivity index (χ1n) is 8.18. The number of pyridine rings is 1. The molecule has 10 heteroatoms. The van der Waals surface area contributed by atoms with Gasteiger partial charge in [-0.3, -0.25) is 15.5 Å². The van der Waals surface area contributed by atoms with Crippen molar-refractivity contribution in [3.8, 4) is 5.75 Å². The van der Waals surface area contributed by atoms with E-state index in [1.807, 2.05) is 36.4 Å². The molecule has 1 N–H and O–H groups in total. The average Bonchev–Trinajstić information content (AvgIpc) is 2.69. The quantitative estimate of drug-likeness (QED) is 0.219. The lowest BCUT2D eigenvalue weighted by molar-refractivity contribution is -0.385. The van der Waals surface area contributed by atoms with Crippen molar-refractivity contribution in [2.45, 2.75) is 6.61 Å². The van der Waals surface area contributed by atoms with E-state index >= 15 is 0 Å². The summed E-state index contributed by atoms with van der Waals surface area (Å²) in [4.78, 5) is 14.1. The van der Waals surface area contributed by atoms with Crippen LogP contribution in [0.2, 0.25) is 5.02 Å². The van der Waals surface area contributed by atoms with E-state index in [1.165, 1.54) is 12.1 Å². The van der Waals surface area contributed by atoms with E-state index in [4.69, 9.17) is 16.3 Å². The summed E-state index contributed by atoms with van der Waals surface area (Å²) in [6, 6.07) is 14.0. The van der Waals surface area contributed by atoms with Gasteiger partial charge in [-0.1, -0.05) is 23.7 Å². The van der Waals surface area contributed by atoms with Crippen LogP contribution in [0.1, 0.15) is 11.1 Å². The van der Waals surface area contributed by atoms with Gasteiger partial charge in [0.25, 0.3) is 5.69 Å². The van der Waals surface area contributed by atoms with Crippen molar-refractivity contribution in [2.75, 3.05) is 5.43 Å². The van der Waals surface area contributed by atoms with Crippen molar-refractivity contribution >= 4 is 61.2 Å². The van der Waals surface area contributed by atoms with Gasteiger partial charge in [0.05, 0.1) is 20.1 Å². The Bertz CT molecular complexity index is 1020. The van der Waals surface area contributed by atoms with E-state index in [1.54, 1.807) is 6.21 Å². The van der Waals surface area contributed by atoms with Crippen LogP contribution in [0.3, 0.4) is 0 Å². The molecule has 0 spiro atoms. The third-order valence-electron chi connectivity index (χ3n) is 3.67. The summed E-state index contributed by atoms with van der Waals surface area (Å²) in [7, 11) is 0. The highest BCUT2D eigenvalue weighted by atomic mass is 79.9. The maximum absolute atomic E-state index is 10.6. The van der Waals surface area contributed by atoms with Crippen LogP contribution in [0.5, 0.6) is 5.75 Å². The molecular formula is C19H13Br2ClN4O3. The summed E-state index contributed by atoms with van der Waals surface area (Å²) >= 11 is 12.9. The third kappa shape index (κ3) is 5.99. The molecule has 0 bridgehead atoms. The Hall–Kier alpha value is -2.49. The van der Waals surface area contributed by atoms with Crippen molar-refractivity contribution in [1.82, 2.24) is 4.98 Å². The van der Waals surface area contributed by atoms with Crippen LogP contribution in [0.15, 0.2) is 68.8 Å². The number of hydrazone groups is 1. The van der Waals surface area contributed by atoms with Crippen LogP contribution in [-0.4, -0.2) is 16.1 Å². The monoisotopic (exact) mass is 538 g/mol. The lowest BCUT2D eigenvalue weighted by Crippen LogP contribution is -1.98. The summed E-state index contributed by atoms with van der Waals surface area (Å²) in [6.45, 7) is 0.398. The fourth-order valence-corrected chi connectivity index (χ4v) is 3.84. The molecule has 3 rings (SSSR count). The Balaban J connectivity index is 1.64. The number of benzene rings is 2. The third-order valence-corrected chi connectivity index (χ3v) is 5.10. The summed E-state index contributed by atoms with van der Waals surface area (Å²) in [5, 5.41) is 15.4. The van der Waals surface area contributed by atoms with Crippen LogP contribution < -0.4 is 10.2 Å². The number of halogens is 3. The number of hydrogen-bond acceptors (Lipinski definition) is 6. The molecular weight excluding hydrogens is 527 g/mol. The second-order valence-corrected chi connectivity index (χ2v) is 7.90. The molecule has 1 aromatic heterocycles. The fraction of sp³-hybridized carbons (Fsp3) is 0.0526. The molecule has 0 aliphatic rings. The molecule has 0 saturated carbocycles. The van der Waals surface area contributed by atoms with Crippen molar-refractivity contribution in [3.63, 3.8) is 0 Å². The molecule has 0 saturated heterocycles. The van der Waals surface area contributed by atoms with Crippen molar-refractivity contribution < 1.29 is 9.66 Å². The van der Waals surface area contributed by atoms with Crippen LogP contribution in [0.4, 0.5) is 11.5 Å². The van der Waals surface area contributed by atoms with Crippen molar-refractivity contribution in [1.29, 1.82) is 0 Å². The topological polar surface area (TPSA) is 89.7 Å². The highest BCUT2D eigenvalue weighted by Gasteiger charge is 2.09. The zero-order valence-electron chi connectivity index (χ0n) is 14.7. The highest BCUT2D eigenvalue weighted by Crippen LogP contribution is 2.35. The van der Waals surface area contributed by atoms with Crippen LogP contribution in [0.25, 0.3) is 0 Å². The van der Waals surface area contributed by atoms with E-state index in [0.29, 0.717) is 23.2 Å². The number of nitro groups is 1. The normalized spacial score (nSPS) is 10.9. The molecule has 0 atom stereocenters. The first kappa shape index (κ1) is 21.2. The van der Waals surface area contributed by atoms with E-state index in [2.05, 4.69) is 47.4 Å². The minimum Gasteiger partial charge on any atom is -0.487 e. The van der Waals surface area contributed by atoms with Crippen LogP contribution in [-0.2, 0) is 6.61 Å². The van der Waals surface area contributed by atoms with Gasteiger partial charge in [0, 0.05) is 11.1 Å². The molecule has 0 unspecified atom stereocenters. The van der Waals surface area contributed by atoms with Gasteiger partial charge in [-0.2, -0.15) is 5.10 Å². The van der Waals surface area contributed by atoms with Gasteiger partial charge >= 0.3 is 0 Å². The van der Waals surface area contributed by atoms with Gasteiger partial charge in [-0.05, 0) is 73.3 Å². The molecule has 0 aliphatic carbocycles. The van der Waals surface area contributed by atoms with Crippen LogP contribution in [0, 0.1) is 10.1 Å². The van der Waals surface area contributed by atoms with E-state index in [-0.39, 0.29) is 5.69 Å². The second-order valence-electron chi connectivity index (χ2n) is 5.76. The molecule has 3 aromatic rings. The molecule has 0 radical (unpaired) electrons. The number of aromatic nitrogens is 1. The second kappa shape index (κ2) is 9.82. The summed E-state index contributed by atoms with van der Waals surface area (Å²) < 4.78 is 7.41. The molecule has 148 valence electrons. The predicted octanol–water partition coefficient (Wildman–Crippen LogP) is 6.19. The highest BCUT2D eigenvalue weighted by molar-refractivity contribution is 9.11. The van der Waals surface area contributed by atoms with E-state index < -0.39 is 4.92 Å². The van der Waals surface area contributed by atoms with E-state index in [0.717, 1.165) is 26.3 Å². The van der Waals surface area contributed by atoms with Crippen molar-refractivity contribution in [2.24, 2.45) is 5.10 Å². The SMILES string of the molecule is O=[N+]([O-])c1ccc(N/N=C/c2cc(Br)c(OCc3ccc(Cl)cc3)c(Br)c2)nc1. The summed E-state index contributed by atoms with van der Waals surface area (Å²) in [5.74, 6) is 1.06. The first-order valence-corrected chi connectivity index (χ1v) is 10.1. The van der Waals surface area contributed by atoms with Gasteiger partial charge in [0.2, 0.25) is 0 Å². The molecule has 7 nitrogen and oxygen atoms in total. The molecule has 0 amide bonds. The standard InChI is InChI=1S/C19H13Br2ClN4O3/c20-16-7-13(9-24-25-18-6-5-15(10-23-18)26(27)28)8-17(21)19(16)29-11-12-1-3-14(22)4-2-12/h1-10H,11H2,(H,23,25)/b24-9+. The van der Waals surface area contributed by atoms with Gasteiger partial charge in [-0.25, -0.2) is 4.98 Å². The Morgan fingerprint density at radius 3 is 2.45 bits per heavy atom. The van der Waals surface area contributed by atoms with Gasteiger partial charge in [0.1, 0.15) is 24.4 Å². The predicted molar refractivity (Wildman–Crippen MR) is 120 cm³/mol. The van der Waals surface area contributed by atoms with E-state index in [9.17, 15) is 10.1 Å². The molecule has 29 heavy (non-hydrogen) atoms. The lowest BCUT2D eigenvalue weighted by atomic mass is 10.2. The van der Waals surface area contributed by atoms with Crippen LogP contribution >= 0.6 is 43.5 Å². The maximum atomic E-state index is 10.6. The Morgan fingerprint density at radius 2 is 1.86 bits per heavy atom. The molecule has 2 aromatic carbocycles. The minimum atomic E-state index is -0.508. The number of nitrogens with one attached hydrogen (secondary N) is 1. The Kier molecular flexibility index (Phi) is 7.18. The maximum Gasteiger partial charge on any atom is 0.287 e. The molecule has 1 heterocycles. The Labute approximate surface area is 188 Å². The molecule has 0 aliphatic heterocycles. The average molecular weight is 541 g/mol. The fourth-order valence-electron chi connectivity index (χ4n) is 2.26. The number of anilines is 1. The Morgan fingerprint density at radius 1 is 1.17 bits per heavy atom. The largest absolute Gasteiger partial charge is 0.487 e. The summed E-state index contributed by atoms with van der Waals surface area (Å²) in [6.07, 6.45) is 2.76. The first-order chi connectivity index (χ1) is 13.9. The van der Waals surface area contributed by atoms with Gasteiger partial charge in [-0.15, -0.1) is 0 Å². The zero-order chi connectivity index (χ0) is 20.8. The molecule has 0 fully saturated rings. The zero-order valence-corrected chi connectivity index (χ0v) is 18.6. The summed E-state index contributed by atoms with van der Waals surface area (Å²) in [5.41, 5.74) is 4.45. The van der Waals surface area contributed by atoms with Crippen molar-refractivity contribution in [3.05, 3.63) is 89.9 Å². The number of rotatable bonds is 7. The number of nitrogens with zero attached hydrogens (tertiary/aromatic N) is 3. The number of hydrogen-bond donors (Lipinski definition) is 1. The lowest BCUT2D eigenvalue weighted by Gasteiger charge is -2.11.